The van der Waals surface area contributed by atoms with Crippen LogP contribution in [0.5, 0.6) is 0 Å². The second-order valence-corrected chi connectivity index (χ2v) is 11.1. The van der Waals surface area contributed by atoms with E-state index in [0.29, 0.717) is 32.2 Å². The minimum atomic E-state index is -0.684. The summed E-state index contributed by atoms with van der Waals surface area (Å²) in [5, 5.41) is 24.5. The average Bonchev–Trinajstić information content (AvgIpc) is 2.96. The number of hydrogen-bond donors (Lipinski definition) is 8. The molecular formula is C30H62N8O4. The van der Waals surface area contributed by atoms with Gasteiger partial charge in [-0.15, -0.1) is 0 Å². The maximum absolute atomic E-state index is 13.4. The molecule has 0 aromatic heterocycles. The third-order valence-corrected chi connectivity index (χ3v) is 7.38. The molecule has 0 fully saturated rings. The summed E-state index contributed by atoms with van der Waals surface area (Å²) in [6.07, 6.45) is 8.80. The van der Waals surface area contributed by atoms with Gasteiger partial charge in [0.05, 0.1) is 12.1 Å². The standard InChI is InChI=1S/C30H62N8O4/c1-23(39)22-24(14-13-21-36-28(40)25(34-5)15-7-10-18-31-2)37-30(42)27(17-9-12-20-33-4)38-29(41)26(35-6)16-8-11-19-32-3/h24-27,31-35H,7-22H2,1-6H3,(H,36,40)(H,37,42)(H,38,41). The Bertz CT molecular complexity index is 740. The van der Waals surface area contributed by atoms with Crippen LogP contribution in [-0.4, -0.2) is 109 Å². The molecule has 0 aromatic rings. The fraction of sp³-hybridized carbons (Fsp3) is 0.867. The molecular weight excluding hydrogens is 536 g/mol. The molecule has 12 nitrogen and oxygen atoms in total. The highest BCUT2D eigenvalue weighted by Crippen LogP contribution is 2.09. The van der Waals surface area contributed by atoms with E-state index in [-0.39, 0.29) is 48.1 Å². The Morgan fingerprint density at radius 1 is 0.500 bits per heavy atom. The van der Waals surface area contributed by atoms with Gasteiger partial charge in [0.1, 0.15) is 11.8 Å². The van der Waals surface area contributed by atoms with Crippen LogP contribution in [0.4, 0.5) is 0 Å². The van der Waals surface area contributed by atoms with Gasteiger partial charge in [0.25, 0.3) is 0 Å². The molecule has 8 N–H and O–H groups in total. The number of amides is 3. The van der Waals surface area contributed by atoms with E-state index < -0.39 is 6.04 Å². The molecule has 0 bridgehead atoms. The average molecular weight is 599 g/mol. The van der Waals surface area contributed by atoms with Crippen molar-refractivity contribution in [3.05, 3.63) is 0 Å². The van der Waals surface area contributed by atoms with E-state index in [2.05, 4.69) is 42.5 Å². The Morgan fingerprint density at radius 2 is 0.952 bits per heavy atom. The summed E-state index contributed by atoms with van der Waals surface area (Å²) in [6, 6.07) is -1.68. The van der Waals surface area contributed by atoms with Gasteiger partial charge < -0.3 is 42.5 Å². The van der Waals surface area contributed by atoms with Crippen LogP contribution < -0.4 is 42.5 Å². The zero-order chi connectivity index (χ0) is 31.6. The number of nitrogens with one attached hydrogen (secondary N) is 8. The molecule has 0 saturated carbocycles. The van der Waals surface area contributed by atoms with Crippen LogP contribution in [-0.2, 0) is 19.2 Å². The Labute approximate surface area is 254 Å². The molecule has 0 aliphatic carbocycles. The van der Waals surface area contributed by atoms with Gasteiger partial charge in [-0.05, 0) is 120 Å². The summed E-state index contributed by atoms with van der Waals surface area (Å²) in [5.41, 5.74) is 0. The first-order valence-electron chi connectivity index (χ1n) is 15.9. The lowest BCUT2D eigenvalue weighted by Crippen LogP contribution is -2.54. The van der Waals surface area contributed by atoms with Crippen molar-refractivity contribution in [3.8, 4) is 0 Å². The molecule has 0 radical (unpaired) electrons. The van der Waals surface area contributed by atoms with E-state index in [9.17, 15) is 19.2 Å². The van der Waals surface area contributed by atoms with Gasteiger partial charge >= 0.3 is 0 Å². The van der Waals surface area contributed by atoms with Gasteiger partial charge in [0.15, 0.2) is 0 Å². The quantitative estimate of drug-likeness (QED) is 0.0587. The number of unbranched alkanes of at least 4 members (excludes halogenated alkanes) is 3. The molecule has 42 heavy (non-hydrogen) atoms. The van der Waals surface area contributed by atoms with Crippen LogP contribution in [0.25, 0.3) is 0 Å². The van der Waals surface area contributed by atoms with E-state index in [4.69, 9.17) is 0 Å². The third-order valence-electron chi connectivity index (χ3n) is 7.38. The van der Waals surface area contributed by atoms with Crippen LogP contribution in [0, 0.1) is 0 Å². The molecule has 0 heterocycles. The number of carbonyl (C=O) groups excluding carboxylic acids is 4. The monoisotopic (exact) mass is 598 g/mol. The Morgan fingerprint density at radius 3 is 1.40 bits per heavy atom. The third kappa shape index (κ3) is 19.9. The van der Waals surface area contributed by atoms with E-state index in [1.54, 1.807) is 14.1 Å². The fourth-order valence-corrected chi connectivity index (χ4v) is 4.86. The number of rotatable bonds is 28. The lowest BCUT2D eigenvalue weighted by atomic mass is 10.0. The zero-order valence-corrected chi connectivity index (χ0v) is 27.3. The molecule has 0 saturated heterocycles. The Balaban J connectivity index is 5.10. The van der Waals surface area contributed by atoms with Gasteiger partial charge in [-0.1, -0.05) is 12.8 Å². The molecule has 0 aliphatic rings. The first kappa shape index (κ1) is 39.9. The Hall–Kier alpha value is -2.12. The maximum atomic E-state index is 13.4. The minimum absolute atomic E-state index is 0.0208. The number of carbonyl (C=O) groups is 4. The lowest BCUT2D eigenvalue weighted by molar-refractivity contribution is -0.131. The van der Waals surface area contributed by atoms with Crippen LogP contribution in [0.2, 0.25) is 0 Å². The SMILES string of the molecule is CNCCCCC(NC)C(=O)NCCCC(CC(C)=O)NC(=O)C(CCCCNC)NC(=O)C(CCCCNC)NC. The van der Waals surface area contributed by atoms with E-state index in [0.717, 1.165) is 64.6 Å². The number of Topliss-reactive ketones (excluding diaryl/α,β-unsaturated/α-hetero) is 1. The van der Waals surface area contributed by atoms with Crippen molar-refractivity contribution in [2.75, 3.05) is 61.4 Å². The van der Waals surface area contributed by atoms with Gasteiger partial charge in [-0.25, -0.2) is 0 Å². The molecule has 246 valence electrons. The van der Waals surface area contributed by atoms with Crippen molar-refractivity contribution in [1.82, 2.24) is 42.5 Å². The van der Waals surface area contributed by atoms with Crippen molar-refractivity contribution >= 4 is 23.5 Å². The summed E-state index contributed by atoms with van der Waals surface area (Å²) in [6.45, 7) is 4.61. The molecule has 12 heteroatoms. The second-order valence-electron chi connectivity index (χ2n) is 11.1. The molecule has 0 spiro atoms. The van der Waals surface area contributed by atoms with Crippen molar-refractivity contribution in [2.24, 2.45) is 0 Å². The maximum Gasteiger partial charge on any atom is 0.242 e. The smallest absolute Gasteiger partial charge is 0.242 e. The van der Waals surface area contributed by atoms with E-state index >= 15 is 0 Å². The molecule has 0 aromatic carbocycles. The normalized spacial score (nSPS) is 14.0. The highest BCUT2D eigenvalue weighted by molar-refractivity contribution is 5.90. The van der Waals surface area contributed by atoms with Gasteiger partial charge in [-0.3, -0.25) is 19.2 Å². The van der Waals surface area contributed by atoms with Gasteiger partial charge in [0.2, 0.25) is 17.7 Å². The topological polar surface area (TPSA) is 165 Å². The molecule has 3 amide bonds. The van der Waals surface area contributed by atoms with Crippen molar-refractivity contribution in [3.63, 3.8) is 0 Å². The fourth-order valence-electron chi connectivity index (χ4n) is 4.86. The van der Waals surface area contributed by atoms with Crippen molar-refractivity contribution in [2.45, 2.75) is 108 Å². The first-order valence-corrected chi connectivity index (χ1v) is 15.9. The van der Waals surface area contributed by atoms with Gasteiger partial charge in [0, 0.05) is 19.0 Å². The van der Waals surface area contributed by atoms with E-state index in [1.165, 1.54) is 6.92 Å². The summed E-state index contributed by atoms with van der Waals surface area (Å²) < 4.78 is 0. The highest BCUT2D eigenvalue weighted by atomic mass is 16.2. The summed E-state index contributed by atoms with van der Waals surface area (Å²) >= 11 is 0. The van der Waals surface area contributed by atoms with Crippen molar-refractivity contribution < 1.29 is 19.2 Å². The number of hydrogen-bond acceptors (Lipinski definition) is 9. The second kappa shape index (κ2) is 26.5. The molecule has 0 rings (SSSR count). The molecule has 0 aliphatic heterocycles. The largest absolute Gasteiger partial charge is 0.355 e. The zero-order valence-electron chi connectivity index (χ0n) is 27.3. The lowest BCUT2D eigenvalue weighted by Gasteiger charge is -2.25. The van der Waals surface area contributed by atoms with Gasteiger partial charge in [-0.2, -0.15) is 0 Å². The first-order chi connectivity index (χ1) is 20.2. The van der Waals surface area contributed by atoms with E-state index in [1.807, 2.05) is 21.1 Å². The summed E-state index contributed by atoms with van der Waals surface area (Å²) in [4.78, 5) is 51.1. The highest BCUT2D eigenvalue weighted by Gasteiger charge is 2.26. The predicted molar refractivity (Wildman–Crippen MR) is 170 cm³/mol. The Kier molecular flexibility index (Phi) is 25.2. The number of likely N-dealkylation sites (N-methyl/N-ethyl adjacent to an activating group) is 2. The van der Waals surface area contributed by atoms with Crippen LogP contribution >= 0.6 is 0 Å². The predicted octanol–water partition coefficient (Wildman–Crippen LogP) is 0.177. The van der Waals surface area contributed by atoms with Crippen LogP contribution in [0.3, 0.4) is 0 Å². The van der Waals surface area contributed by atoms with Crippen LogP contribution in [0.1, 0.15) is 84.0 Å². The van der Waals surface area contributed by atoms with Crippen molar-refractivity contribution in [1.29, 1.82) is 0 Å². The number of ketones is 1. The minimum Gasteiger partial charge on any atom is -0.355 e. The summed E-state index contributed by atoms with van der Waals surface area (Å²) in [7, 11) is 9.26. The summed E-state index contributed by atoms with van der Waals surface area (Å²) in [5.74, 6) is -0.521. The molecule has 4 atom stereocenters. The van der Waals surface area contributed by atoms with Crippen LogP contribution in [0.15, 0.2) is 0 Å². The molecule has 4 unspecified atom stereocenters.